The van der Waals surface area contributed by atoms with Gasteiger partial charge in [-0.15, -0.1) is 0 Å². The largest absolute Gasteiger partial charge is 0.484 e. The van der Waals surface area contributed by atoms with Crippen molar-refractivity contribution >= 4 is 0 Å². The van der Waals surface area contributed by atoms with Crippen LogP contribution in [0.5, 0.6) is 5.75 Å². The lowest BCUT2D eigenvalue weighted by Crippen LogP contribution is -2.38. The SMILES string of the molecule is CCCC(C)c1cncc(OC2COC2)c1. The Labute approximate surface area is 96.8 Å². The maximum Gasteiger partial charge on any atom is 0.145 e. The molecule has 2 rings (SSSR count). The van der Waals surface area contributed by atoms with Gasteiger partial charge in [-0.25, -0.2) is 0 Å². The normalized spacial score (nSPS) is 17.9. The van der Waals surface area contributed by atoms with E-state index in [1.807, 2.05) is 6.20 Å². The first-order valence-electron chi connectivity index (χ1n) is 5.99. The number of pyridine rings is 1. The van der Waals surface area contributed by atoms with Crippen molar-refractivity contribution in [1.29, 1.82) is 0 Å². The van der Waals surface area contributed by atoms with E-state index in [0.717, 1.165) is 5.75 Å². The number of aromatic nitrogens is 1. The Hall–Kier alpha value is -1.09. The van der Waals surface area contributed by atoms with E-state index in [-0.39, 0.29) is 6.10 Å². The Morgan fingerprint density at radius 2 is 2.31 bits per heavy atom. The van der Waals surface area contributed by atoms with Gasteiger partial charge in [-0.2, -0.15) is 0 Å². The van der Waals surface area contributed by atoms with E-state index in [1.54, 1.807) is 6.20 Å². The highest BCUT2D eigenvalue weighted by Gasteiger charge is 2.20. The van der Waals surface area contributed by atoms with E-state index in [9.17, 15) is 0 Å². The predicted molar refractivity (Wildman–Crippen MR) is 62.8 cm³/mol. The van der Waals surface area contributed by atoms with Crippen LogP contribution in [0.15, 0.2) is 18.5 Å². The van der Waals surface area contributed by atoms with Crippen molar-refractivity contribution in [2.45, 2.75) is 38.7 Å². The Bertz CT molecular complexity index is 336. The van der Waals surface area contributed by atoms with Gasteiger partial charge in [-0.05, 0) is 24.0 Å². The number of ether oxygens (including phenoxy) is 2. The van der Waals surface area contributed by atoms with E-state index in [2.05, 4.69) is 24.9 Å². The Morgan fingerprint density at radius 1 is 1.50 bits per heavy atom. The summed E-state index contributed by atoms with van der Waals surface area (Å²) >= 11 is 0. The van der Waals surface area contributed by atoms with Crippen molar-refractivity contribution in [3.63, 3.8) is 0 Å². The molecule has 3 nitrogen and oxygen atoms in total. The van der Waals surface area contributed by atoms with Gasteiger partial charge in [-0.3, -0.25) is 4.98 Å². The van der Waals surface area contributed by atoms with Gasteiger partial charge in [0.2, 0.25) is 0 Å². The Morgan fingerprint density at radius 3 is 2.94 bits per heavy atom. The Kier molecular flexibility index (Phi) is 3.78. The molecule has 0 saturated carbocycles. The fourth-order valence-corrected chi connectivity index (χ4v) is 1.84. The van der Waals surface area contributed by atoms with Crippen molar-refractivity contribution in [2.24, 2.45) is 0 Å². The van der Waals surface area contributed by atoms with Gasteiger partial charge in [0.15, 0.2) is 0 Å². The molecule has 0 bridgehead atoms. The summed E-state index contributed by atoms with van der Waals surface area (Å²) in [6.45, 7) is 5.84. The molecule has 16 heavy (non-hydrogen) atoms. The molecule has 1 saturated heterocycles. The lowest BCUT2D eigenvalue weighted by molar-refractivity contribution is -0.0798. The zero-order valence-corrected chi connectivity index (χ0v) is 9.98. The van der Waals surface area contributed by atoms with Crippen LogP contribution in [0.25, 0.3) is 0 Å². The molecule has 1 unspecified atom stereocenters. The van der Waals surface area contributed by atoms with Crippen molar-refractivity contribution < 1.29 is 9.47 Å². The molecule has 0 radical (unpaired) electrons. The topological polar surface area (TPSA) is 31.4 Å². The maximum absolute atomic E-state index is 5.73. The van der Waals surface area contributed by atoms with Gasteiger partial charge in [0, 0.05) is 6.20 Å². The number of nitrogens with zero attached hydrogens (tertiary/aromatic N) is 1. The molecule has 88 valence electrons. The highest BCUT2D eigenvalue weighted by atomic mass is 16.6. The zero-order chi connectivity index (χ0) is 11.4. The molecular weight excluding hydrogens is 202 g/mol. The zero-order valence-electron chi connectivity index (χ0n) is 9.98. The molecule has 1 aromatic heterocycles. The molecule has 1 fully saturated rings. The van der Waals surface area contributed by atoms with Crippen LogP contribution >= 0.6 is 0 Å². The quantitative estimate of drug-likeness (QED) is 0.766. The number of hydrogen-bond donors (Lipinski definition) is 0. The molecule has 1 aliphatic heterocycles. The van der Waals surface area contributed by atoms with Crippen molar-refractivity contribution in [1.82, 2.24) is 4.98 Å². The fraction of sp³-hybridized carbons (Fsp3) is 0.615. The third kappa shape index (κ3) is 2.73. The van der Waals surface area contributed by atoms with E-state index < -0.39 is 0 Å². The first-order valence-corrected chi connectivity index (χ1v) is 5.99. The Balaban J connectivity index is 2.00. The van der Waals surface area contributed by atoms with Crippen LogP contribution in [0.2, 0.25) is 0 Å². The first-order chi connectivity index (χ1) is 7.79. The average molecular weight is 221 g/mol. The second kappa shape index (κ2) is 5.30. The van der Waals surface area contributed by atoms with Crippen molar-refractivity contribution in [3.05, 3.63) is 24.0 Å². The summed E-state index contributed by atoms with van der Waals surface area (Å²) in [5.41, 5.74) is 1.26. The fourth-order valence-electron chi connectivity index (χ4n) is 1.84. The van der Waals surface area contributed by atoms with Crippen LogP contribution in [0, 0.1) is 0 Å². The minimum atomic E-state index is 0.221. The summed E-state index contributed by atoms with van der Waals surface area (Å²) < 4.78 is 10.8. The molecule has 2 heterocycles. The van der Waals surface area contributed by atoms with Crippen LogP contribution in [0.4, 0.5) is 0 Å². The van der Waals surface area contributed by atoms with Crippen LogP contribution in [-0.2, 0) is 4.74 Å². The maximum atomic E-state index is 5.73. The first kappa shape index (κ1) is 11.4. The molecule has 0 amide bonds. The van der Waals surface area contributed by atoms with E-state index >= 15 is 0 Å². The smallest absolute Gasteiger partial charge is 0.145 e. The van der Waals surface area contributed by atoms with Gasteiger partial charge < -0.3 is 9.47 Å². The van der Waals surface area contributed by atoms with Gasteiger partial charge in [0.25, 0.3) is 0 Å². The number of rotatable bonds is 5. The predicted octanol–water partition coefficient (Wildman–Crippen LogP) is 2.76. The van der Waals surface area contributed by atoms with Crippen molar-refractivity contribution in [3.8, 4) is 5.75 Å². The molecular formula is C13H19NO2. The van der Waals surface area contributed by atoms with E-state index in [1.165, 1.54) is 18.4 Å². The highest BCUT2D eigenvalue weighted by molar-refractivity contribution is 5.26. The molecule has 1 atom stereocenters. The monoisotopic (exact) mass is 221 g/mol. The summed E-state index contributed by atoms with van der Waals surface area (Å²) in [5.74, 6) is 1.42. The molecule has 0 aromatic carbocycles. The lowest BCUT2D eigenvalue weighted by atomic mass is 9.98. The minimum Gasteiger partial charge on any atom is -0.484 e. The third-order valence-corrected chi connectivity index (χ3v) is 2.94. The average Bonchev–Trinajstić information content (AvgIpc) is 2.24. The second-order valence-electron chi connectivity index (χ2n) is 4.42. The minimum absolute atomic E-state index is 0.221. The van der Waals surface area contributed by atoms with Gasteiger partial charge in [0.1, 0.15) is 11.9 Å². The molecule has 1 aliphatic rings. The summed E-state index contributed by atoms with van der Waals surface area (Å²) in [5, 5.41) is 0. The van der Waals surface area contributed by atoms with Crippen LogP contribution in [-0.4, -0.2) is 24.3 Å². The van der Waals surface area contributed by atoms with Crippen molar-refractivity contribution in [2.75, 3.05) is 13.2 Å². The molecule has 0 N–H and O–H groups in total. The van der Waals surface area contributed by atoms with Gasteiger partial charge >= 0.3 is 0 Å². The standard InChI is InChI=1S/C13H19NO2/c1-3-4-10(2)11-5-12(7-14-6-11)16-13-8-15-9-13/h5-7,10,13H,3-4,8-9H2,1-2H3. The summed E-state index contributed by atoms with van der Waals surface area (Å²) in [7, 11) is 0. The molecule has 0 aliphatic carbocycles. The summed E-state index contributed by atoms with van der Waals surface area (Å²) in [6.07, 6.45) is 6.32. The number of hydrogen-bond acceptors (Lipinski definition) is 3. The summed E-state index contributed by atoms with van der Waals surface area (Å²) in [4.78, 5) is 4.23. The molecule has 0 spiro atoms. The van der Waals surface area contributed by atoms with Crippen LogP contribution < -0.4 is 4.74 Å². The van der Waals surface area contributed by atoms with Gasteiger partial charge in [-0.1, -0.05) is 20.3 Å². The second-order valence-corrected chi connectivity index (χ2v) is 4.42. The van der Waals surface area contributed by atoms with Crippen LogP contribution in [0.1, 0.15) is 38.2 Å². The highest BCUT2D eigenvalue weighted by Crippen LogP contribution is 2.24. The van der Waals surface area contributed by atoms with E-state index in [0.29, 0.717) is 19.1 Å². The van der Waals surface area contributed by atoms with Gasteiger partial charge in [0.05, 0.1) is 19.4 Å². The summed E-state index contributed by atoms with van der Waals surface area (Å²) in [6, 6.07) is 2.10. The lowest BCUT2D eigenvalue weighted by Gasteiger charge is -2.26. The molecule has 1 aromatic rings. The van der Waals surface area contributed by atoms with Crippen LogP contribution in [0.3, 0.4) is 0 Å². The molecule has 3 heteroatoms. The van der Waals surface area contributed by atoms with E-state index in [4.69, 9.17) is 9.47 Å². The third-order valence-electron chi connectivity index (χ3n) is 2.94.